The molecule has 1 aromatic rings. The van der Waals surface area contributed by atoms with Crippen molar-refractivity contribution in [3.8, 4) is 0 Å². The van der Waals surface area contributed by atoms with Crippen LogP contribution in [0.5, 0.6) is 0 Å². The zero-order chi connectivity index (χ0) is 13.0. The van der Waals surface area contributed by atoms with Crippen molar-refractivity contribution in [2.24, 2.45) is 5.92 Å². The fourth-order valence-electron chi connectivity index (χ4n) is 2.09. The zero-order valence-electron chi connectivity index (χ0n) is 10.9. The van der Waals surface area contributed by atoms with Gasteiger partial charge in [-0.05, 0) is 37.8 Å². The van der Waals surface area contributed by atoms with E-state index in [2.05, 4.69) is 27.8 Å². The normalized spacial score (nSPS) is 21.4. The van der Waals surface area contributed by atoms with E-state index in [-0.39, 0.29) is 5.91 Å². The average molecular weight is 248 g/mol. The molecule has 0 saturated heterocycles. The molecule has 1 fully saturated rings. The van der Waals surface area contributed by atoms with Crippen molar-refractivity contribution in [2.75, 3.05) is 11.9 Å². The molecule has 18 heavy (non-hydrogen) atoms. The van der Waals surface area contributed by atoms with E-state index in [1.54, 1.807) is 6.07 Å². The quantitative estimate of drug-likeness (QED) is 0.806. The Labute approximate surface area is 107 Å². The van der Waals surface area contributed by atoms with Crippen LogP contribution in [0.15, 0.2) is 12.1 Å². The van der Waals surface area contributed by atoms with Gasteiger partial charge >= 0.3 is 0 Å². The van der Waals surface area contributed by atoms with Crippen LogP contribution in [0.25, 0.3) is 0 Å². The van der Waals surface area contributed by atoms with Crippen LogP contribution < -0.4 is 10.6 Å². The number of anilines is 1. The molecule has 1 aliphatic rings. The zero-order valence-corrected chi connectivity index (χ0v) is 10.9. The Morgan fingerprint density at radius 2 is 2.22 bits per heavy atom. The third kappa shape index (κ3) is 3.18. The van der Waals surface area contributed by atoms with Gasteiger partial charge in [0.2, 0.25) is 0 Å². The highest BCUT2D eigenvalue weighted by Crippen LogP contribution is 2.36. The lowest BCUT2D eigenvalue weighted by Gasteiger charge is -2.05. The molecule has 0 aliphatic heterocycles. The predicted octanol–water partition coefficient (Wildman–Crippen LogP) is 1.83. The summed E-state index contributed by atoms with van der Waals surface area (Å²) in [6, 6.07) is 4.06. The maximum atomic E-state index is 11.5. The van der Waals surface area contributed by atoms with Gasteiger partial charge < -0.3 is 10.6 Å². The van der Waals surface area contributed by atoms with E-state index in [0.717, 1.165) is 11.7 Å². The van der Waals surface area contributed by atoms with Gasteiger partial charge in [-0.25, -0.2) is 0 Å². The molecular weight excluding hydrogens is 228 g/mol. The summed E-state index contributed by atoms with van der Waals surface area (Å²) in [5.41, 5.74) is 0.364. The van der Waals surface area contributed by atoms with E-state index in [0.29, 0.717) is 18.3 Å². The predicted molar refractivity (Wildman–Crippen MR) is 70.5 cm³/mol. The third-order valence-electron chi connectivity index (χ3n) is 3.15. The molecule has 5 heteroatoms. The fourth-order valence-corrected chi connectivity index (χ4v) is 2.09. The third-order valence-corrected chi connectivity index (χ3v) is 3.15. The fraction of sp³-hybridized carbons (Fsp3) is 0.615. The highest BCUT2D eigenvalue weighted by Gasteiger charge is 2.36. The largest absolute Gasteiger partial charge is 0.366 e. The Balaban J connectivity index is 1.87. The molecule has 1 amide bonds. The van der Waals surface area contributed by atoms with Crippen molar-refractivity contribution in [2.45, 2.75) is 39.2 Å². The first-order valence-electron chi connectivity index (χ1n) is 6.63. The Morgan fingerprint density at radius 1 is 1.39 bits per heavy atom. The van der Waals surface area contributed by atoms with E-state index in [1.807, 2.05) is 13.0 Å². The Morgan fingerprint density at radius 3 is 2.83 bits per heavy atom. The number of amides is 1. The number of carbonyl (C=O) groups excluding carboxylic acids is 1. The number of hydrogen-bond donors (Lipinski definition) is 2. The first-order chi connectivity index (χ1) is 8.74. The lowest BCUT2D eigenvalue weighted by atomic mass is 10.2. The van der Waals surface area contributed by atoms with Crippen molar-refractivity contribution in [1.82, 2.24) is 15.5 Å². The molecule has 0 bridgehead atoms. The Hall–Kier alpha value is -1.65. The average Bonchev–Trinajstić information content (AvgIpc) is 3.09. The lowest BCUT2D eigenvalue weighted by molar-refractivity contribution is 0.0950. The van der Waals surface area contributed by atoms with Crippen molar-refractivity contribution in [3.63, 3.8) is 0 Å². The van der Waals surface area contributed by atoms with Gasteiger partial charge in [0.05, 0.1) is 0 Å². The molecule has 98 valence electrons. The molecule has 2 N–H and O–H groups in total. The Bertz CT molecular complexity index is 404. The number of hydrogen-bond acceptors (Lipinski definition) is 4. The van der Waals surface area contributed by atoms with Crippen molar-refractivity contribution in [1.29, 1.82) is 0 Å². The summed E-state index contributed by atoms with van der Waals surface area (Å²) in [7, 11) is 0. The molecule has 2 atom stereocenters. The number of rotatable bonds is 6. The van der Waals surface area contributed by atoms with Gasteiger partial charge in [0, 0.05) is 12.6 Å². The second-order valence-corrected chi connectivity index (χ2v) is 4.70. The molecule has 2 unspecified atom stereocenters. The second-order valence-electron chi connectivity index (χ2n) is 4.70. The summed E-state index contributed by atoms with van der Waals surface area (Å²) in [5, 5.41) is 14.0. The maximum absolute atomic E-state index is 11.5. The van der Waals surface area contributed by atoms with Gasteiger partial charge in [-0.3, -0.25) is 4.79 Å². The number of nitrogens with one attached hydrogen (secondary N) is 2. The molecule has 1 aromatic heterocycles. The van der Waals surface area contributed by atoms with Crippen molar-refractivity contribution < 1.29 is 4.79 Å². The van der Waals surface area contributed by atoms with Crippen LogP contribution in [-0.4, -0.2) is 28.7 Å². The topological polar surface area (TPSA) is 66.9 Å². The molecule has 5 nitrogen and oxygen atoms in total. The monoisotopic (exact) mass is 248 g/mol. The standard InChI is InChI=1S/C13H20N4O/c1-3-5-9-8-11(9)15-12-7-6-10(16-17-12)13(18)14-4-2/h6-7,9,11H,3-5,8H2,1-2H3,(H,14,18)(H,15,17). The van der Waals surface area contributed by atoms with Crippen LogP contribution in [-0.2, 0) is 0 Å². The minimum atomic E-state index is -0.174. The summed E-state index contributed by atoms with van der Waals surface area (Å²) < 4.78 is 0. The molecule has 0 radical (unpaired) electrons. The summed E-state index contributed by atoms with van der Waals surface area (Å²) in [6.07, 6.45) is 3.71. The van der Waals surface area contributed by atoms with Crippen LogP contribution in [0.3, 0.4) is 0 Å². The van der Waals surface area contributed by atoms with E-state index < -0.39 is 0 Å². The summed E-state index contributed by atoms with van der Waals surface area (Å²) in [4.78, 5) is 11.5. The molecule has 0 aromatic carbocycles. The molecule has 0 spiro atoms. The maximum Gasteiger partial charge on any atom is 0.271 e. The summed E-state index contributed by atoms with van der Waals surface area (Å²) in [6.45, 7) is 4.68. The van der Waals surface area contributed by atoms with E-state index in [1.165, 1.54) is 19.3 Å². The minimum Gasteiger partial charge on any atom is -0.366 e. The smallest absolute Gasteiger partial charge is 0.271 e. The van der Waals surface area contributed by atoms with Crippen LogP contribution >= 0.6 is 0 Å². The van der Waals surface area contributed by atoms with Crippen LogP contribution in [0.1, 0.15) is 43.6 Å². The SMILES string of the molecule is CCCC1CC1Nc1ccc(C(=O)NCC)nn1. The minimum absolute atomic E-state index is 0.174. The van der Waals surface area contributed by atoms with Gasteiger partial charge in [0.15, 0.2) is 5.69 Å². The van der Waals surface area contributed by atoms with E-state index in [4.69, 9.17) is 0 Å². The number of nitrogens with zero attached hydrogens (tertiary/aromatic N) is 2. The van der Waals surface area contributed by atoms with Gasteiger partial charge in [-0.2, -0.15) is 0 Å². The van der Waals surface area contributed by atoms with Crippen molar-refractivity contribution >= 4 is 11.7 Å². The Kier molecular flexibility index (Phi) is 4.12. The number of carbonyl (C=O) groups is 1. The molecule has 2 rings (SSSR count). The first-order valence-corrected chi connectivity index (χ1v) is 6.63. The second kappa shape index (κ2) is 5.80. The van der Waals surface area contributed by atoms with Gasteiger partial charge in [-0.1, -0.05) is 13.3 Å². The summed E-state index contributed by atoms with van der Waals surface area (Å²) >= 11 is 0. The first kappa shape index (κ1) is 12.8. The van der Waals surface area contributed by atoms with Crippen molar-refractivity contribution in [3.05, 3.63) is 17.8 Å². The van der Waals surface area contributed by atoms with Gasteiger partial charge in [-0.15, -0.1) is 10.2 Å². The van der Waals surface area contributed by atoms with Gasteiger partial charge in [0.25, 0.3) is 5.91 Å². The van der Waals surface area contributed by atoms with Crippen LogP contribution in [0.2, 0.25) is 0 Å². The highest BCUT2D eigenvalue weighted by molar-refractivity contribution is 5.92. The number of aromatic nitrogens is 2. The summed E-state index contributed by atoms with van der Waals surface area (Å²) in [5.74, 6) is 1.36. The van der Waals surface area contributed by atoms with Gasteiger partial charge in [0.1, 0.15) is 5.82 Å². The van der Waals surface area contributed by atoms with E-state index >= 15 is 0 Å². The van der Waals surface area contributed by atoms with E-state index in [9.17, 15) is 4.79 Å². The van der Waals surface area contributed by atoms with Crippen LogP contribution in [0.4, 0.5) is 5.82 Å². The molecular formula is C13H20N4O. The molecule has 1 aliphatic carbocycles. The lowest BCUT2D eigenvalue weighted by Crippen LogP contribution is -2.24. The highest BCUT2D eigenvalue weighted by atomic mass is 16.1. The molecule has 1 saturated carbocycles. The molecule has 1 heterocycles. The van der Waals surface area contributed by atoms with Crippen LogP contribution in [0, 0.1) is 5.92 Å².